The Labute approximate surface area is 366 Å². The van der Waals surface area contributed by atoms with Crippen LogP contribution in [0.5, 0.6) is 0 Å². The van der Waals surface area contributed by atoms with Crippen LogP contribution in [0.25, 0.3) is 22.3 Å². The van der Waals surface area contributed by atoms with E-state index in [4.69, 9.17) is 0 Å². The highest BCUT2D eigenvalue weighted by molar-refractivity contribution is 5.88. The van der Waals surface area contributed by atoms with E-state index in [2.05, 4.69) is 227 Å². The highest BCUT2D eigenvalue weighted by Gasteiger charge is 2.54. The molecule has 1 N–H and O–H groups in total. The van der Waals surface area contributed by atoms with Gasteiger partial charge < -0.3 is 9.80 Å². The van der Waals surface area contributed by atoms with Gasteiger partial charge in [0.05, 0.1) is 17.8 Å². The van der Waals surface area contributed by atoms with Crippen molar-refractivity contribution in [3.8, 4) is 22.3 Å². The molecule has 0 radical (unpaired) electrons. The first kappa shape index (κ1) is 41.0. The molecule has 0 bridgehead atoms. The van der Waals surface area contributed by atoms with Crippen molar-refractivity contribution in [1.29, 1.82) is 0 Å². The Morgan fingerprint density at radius 1 is 0.492 bits per heavy atom. The van der Waals surface area contributed by atoms with Gasteiger partial charge in [0.2, 0.25) is 0 Å². The van der Waals surface area contributed by atoms with Gasteiger partial charge in [-0.2, -0.15) is 5.10 Å². The Kier molecular flexibility index (Phi) is 8.96. The second-order valence-corrected chi connectivity index (χ2v) is 22.5. The Hall–Kier alpha value is -5.35. The smallest absolute Gasteiger partial charge is 0.119 e. The van der Waals surface area contributed by atoms with Gasteiger partial charge in [-0.15, -0.1) is 0 Å². The summed E-state index contributed by atoms with van der Waals surface area (Å²) in [6.07, 6.45) is 1.92. The fourth-order valence-electron chi connectivity index (χ4n) is 10.7. The van der Waals surface area contributed by atoms with Crippen molar-refractivity contribution in [2.45, 2.75) is 130 Å². The number of H-pyrrole nitrogens is 1. The van der Waals surface area contributed by atoms with Crippen LogP contribution in [0.1, 0.15) is 158 Å². The molecule has 0 fully saturated rings. The maximum atomic E-state index is 4.67. The molecule has 3 aliphatic rings. The fraction of sp³-hybridized carbons (Fsp3) is 0.386. The van der Waals surface area contributed by atoms with Crippen LogP contribution in [0, 0.1) is 0 Å². The molecule has 0 unspecified atom stereocenters. The van der Waals surface area contributed by atoms with Crippen LogP contribution in [0.15, 0.2) is 121 Å². The molecular formula is C57H66N4. The third-order valence-corrected chi connectivity index (χ3v) is 14.6. The Morgan fingerprint density at radius 2 is 0.902 bits per heavy atom. The molecule has 0 amide bonds. The zero-order valence-corrected chi connectivity index (χ0v) is 39.4. The van der Waals surface area contributed by atoms with Crippen molar-refractivity contribution in [1.82, 2.24) is 20.0 Å². The number of hydrogen-bond donors (Lipinski definition) is 1. The highest BCUT2D eigenvalue weighted by Crippen LogP contribution is 2.61. The minimum Gasteiger partial charge on any atom is -0.359 e. The van der Waals surface area contributed by atoms with Crippen LogP contribution in [0.4, 0.5) is 0 Å². The molecule has 1 aliphatic heterocycles. The van der Waals surface area contributed by atoms with E-state index in [1.54, 1.807) is 0 Å². The van der Waals surface area contributed by atoms with E-state index in [-0.39, 0.29) is 21.7 Å². The number of nitrogens with one attached hydrogen (secondary N) is 1. The van der Waals surface area contributed by atoms with E-state index < -0.39 is 11.0 Å². The fourth-order valence-corrected chi connectivity index (χ4v) is 10.7. The summed E-state index contributed by atoms with van der Waals surface area (Å²) in [5.74, 6) is 0. The molecule has 0 spiro atoms. The van der Waals surface area contributed by atoms with Crippen LogP contribution in [-0.2, 0) is 32.6 Å². The molecule has 4 nitrogen and oxygen atoms in total. The van der Waals surface area contributed by atoms with Crippen LogP contribution in [-0.4, -0.2) is 33.7 Å². The molecule has 0 atom stereocenters. The number of benzene rings is 5. The lowest BCUT2D eigenvalue weighted by Crippen LogP contribution is -2.46. The quantitative estimate of drug-likeness (QED) is 0.192. The van der Waals surface area contributed by atoms with Gasteiger partial charge in [0.25, 0.3) is 0 Å². The maximum absolute atomic E-state index is 4.67. The molecule has 2 heterocycles. The maximum Gasteiger partial charge on any atom is 0.119 e. The molecule has 61 heavy (non-hydrogen) atoms. The molecular weight excluding hydrogens is 741 g/mol. The van der Waals surface area contributed by atoms with Crippen LogP contribution in [0.3, 0.4) is 0 Å². The molecule has 314 valence electrons. The van der Waals surface area contributed by atoms with E-state index >= 15 is 0 Å². The average molecular weight is 807 g/mol. The number of rotatable bonds is 4. The van der Waals surface area contributed by atoms with Gasteiger partial charge in [0.1, 0.15) is 5.54 Å². The minimum absolute atomic E-state index is 0.00168. The van der Waals surface area contributed by atoms with Gasteiger partial charge in [-0.1, -0.05) is 180 Å². The van der Waals surface area contributed by atoms with Crippen LogP contribution < -0.4 is 0 Å². The molecule has 0 saturated heterocycles. The minimum atomic E-state index is -0.635. The topological polar surface area (TPSA) is 35.2 Å². The predicted molar refractivity (Wildman–Crippen MR) is 255 cm³/mol. The third kappa shape index (κ3) is 5.94. The van der Waals surface area contributed by atoms with Crippen molar-refractivity contribution in [3.05, 3.63) is 182 Å². The average Bonchev–Trinajstić information content (AvgIpc) is 3.96. The van der Waals surface area contributed by atoms with Crippen molar-refractivity contribution >= 4 is 0 Å². The van der Waals surface area contributed by atoms with Gasteiger partial charge >= 0.3 is 0 Å². The zero-order valence-electron chi connectivity index (χ0n) is 39.4. The SMILES string of the molecule is CC1=C(C)N(C2(c3cccc(C4(c5ccn[nH]5)c5ccc(C(C)(C)C)cc5-c5cc(C(C)(C)C)ccc54)c3)c3ccc(C(C)(C)C)cc3-c3cc(C(C)(C)C)ccc32)CN1C. The first-order valence-corrected chi connectivity index (χ1v) is 22.4. The first-order valence-electron chi connectivity index (χ1n) is 22.4. The molecule has 4 heteroatoms. The summed E-state index contributed by atoms with van der Waals surface area (Å²) < 4.78 is 0. The molecule has 2 aliphatic carbocycles. The molecule has 9 rings (SSSR count). The standard InChI is InChI=1S/C57H66N4/c1-35-36(2)61(34-60(35)15)57(49-25-21-39(54(9,10)11)32-45(49)46-33-40(55(12,13)14)22-26-50(46)57)42-18-16-17-41(29-42)56(51-27-28-58-59-51)47-23-19-37(52(3,4)5)30-43(47)44-31-38(53(6,7)8)20-24-48(44)56/h16-33H,34H2,1-15H3,(H,58,59). The largest absolute Gasteiger partial charge is 0.359 e. The summed E-state index contributed by atoms with van der Waals surface area (Å²) in [7, 11) is 2.24. The second-order valence-electron chi connectivity index (χ2n) is 22.5. The molecule has 1 aromatic heterocycles. The van der Waals surface area contributed by atoms with Crippen LogP contribution >= 0.6 is 0 Å². The highest BCUT2D eigenvalue weighted by atomic mass is 15.4. The Bertz CT molecular complexity index is 2620. The van der Waals surface area contributed by atoms with Gasteiger partial charge in [-0.05, 0) is 119 Å². The lowest BCUT2D eigenvalue weighted by atomic mass is 9.68. The summed E-state index contributed by atoms with van der Waals surface area (Å²) in [5.41, 5.74) is 20.9. The summed E-state index contributed by atoms with van der Waals surface area (Å²) in [4.78, 5) is 5.12. The number of hydrogen-bond acceptors (Lipinski definition) is 3. The number of aromatic nitrogens is 2. The predicted octanol–water partition coefficient (Wildman–Crippen LogP) is 13.7. The van der Waals surface area contributed by atoms with E-state index in [9.17, 15) is 0 Å². The van der Waals surface area contributed by atoms with Gasteiger partial charge in [-0.3, -0.25) is 5.10 Å². The molecule has 0 saturated carbocycles. The van der Waals surface area contributed by atoms with Crippen LogP contribution in [0.2, 0.25) is 0 Å². The second kappa shape index (κ2) is 13.3. The zero-order chi connectivity index (χ0) is 43.8. The lowest BCUT2D eigenvalue weighted by molar-refractivity contribution is 0.181. The Morgan fingerprint density at radius 3 is 1.28 bits per heavy atom. The number of allylic oxidation sites excluding steroid dienone is 2. The van der Waals surface area contributed by atoms with Crippen molar-refractivity contribution in [2.24, 2.45) is 0 Å². The lowest BCUT2D eigenvalue weighted by Gasteiger charge is -2.44. The Balaban J connectivity index is 1.40. The summed E-state index contributed by atoms with van der Waals surface area (Å²) in [6, 6.07) is 41.1. The van der Waals surface area contributed by atoms with E-state index in [0.717, 1.165) is 12.4 Å². The third-order valence-electron chi connectivity index (χ3n) is 14.6. The monoisotopic (exact) mass is 807 g/mol. The van der Waals surface area contributed by atoms with Gasteiger partial charge in [0.15, 0.2) is 0 Å². The number of nitrogens with zero attached hydrogens (tertiary/aromatic N) is 3. The van der Waals surface area contributed by atoms with Crippen molar-refractivity contribution in [2.75, 3.05) is 13.7 Å². The molecule has 6 aromatic rings. The van der Waals surface area contributed by atoms with Gasteiger partial charge in [0, 0.05) is 24.6 Å². The van der Waals surface area contributed by atoms with Crippen molar-refractivity contribution in [3.63, 3.8) is 0 Å². The number of fused-ring (bicyclic) bond motifs is 6. The van der Waals surface area contributed by atoms with Gasteiger partial charge in [-0.25, -0.2) is 0 Å². The van der Waals surface area contributed by atoms with Crippen molar-refractivity contribution < 1.29 is 0 Å². The summed E-state index contributed by atoms with van der Waals surface area (Å²) in [5, 5.41) is 8.23. The molecule has 5 aromatic carbocycles. The normalized spacial score (nSPS) is 16.8. The first-order chi connectivity index (χ1) is 28.5. The number of aromatic amines is 1. The summed E-state index contributed by atoms with van der Waals surface area (Å²) >= 11 is 0. The van der Waals surface area contributed by atoms with E-state index in [1.165, 1.54) is 89.3 Å². The van der Waals surface area contributed by atoms with E-state index in [1.807, 2.05) is 6.20 Å². The summed E-state index contributed by atoms with van der Waals surface area (Å²) in [6.45, 7) is 33.3. The van der Waals surface area contributed by atoms with E-state index in [0.29, 0.717) is 0 Å².